The van der Waals surface area contributed by atoms with Gasteiger partial charge in [0.2, 0.25) is 0 Å². The van der Waals surface area contributed by atoms with E-state index in [1.54, 1.807) is 0 Å². The van der Waals surface area contributed by atoms with Gasteiger partial charge in [0.25, 0.3) is 0 Å². The van der Waals surface area contributed by atoms with Crippen molar-refractivity contribution in [1.82, 2.24) is 0 Å². The van der Waals surface area contributed by atoms with Crippen molar-refractivity contribution in [3.05, 3.63) is 29.8 Å². The zero-order valence-electron chi connectivity index (χ0n) is 8.11. The van der Waals surface area contributed by atoms with E-state index in [2.05, 4.69) is 12.1 Å². The lowest BCUT2D eigenvalue weighted by Gasteiger charge is -2.25. The second-order valence-electron chi connectivity index (χ2n) is 3.52. The minimum Gasteiger partial charge on any atom is -0.399 e. The Labute approximate surface area is 88.8 Å². The molecule has 0 radical (unpaired) electrons. The predicted molar refractivity (Wildman–Crippen MR) is 61.6 cm³/mol. The zero-order valence-corrected chi connectivity index (χ0v) is 8.93. The Kier molecular flexibility index (Phi) is 3.32. The molecule has 1 fully saturated rings. The van der Waals surface area contributed by atoms with Crippen LogP contribution in [0.15, 0.2) is 24.3 Å². The Bertz CT molecular complexity index is 282. The van der Waals surface area contributed by atoms with Gasteiger partial charge in [-0.3, -0.25) is 0 Å². The lowest BCUT2D eigenvalue weighted by molar-refractivity contribution is 0.0455. The summed E-state index contributed by atoms with van der Waals surface area (Å²) < 4.78 is 5.12. The molecule has 0 amide bonds. The monoisotopic (exact) mass is 209 g/mol. The third-order valence-electron chi connectivity index (χ3n) is 2.33. The van der Waals surface area contributed by atoms with Gasteiger partial charge in [0.05, 0.1) is 18.5 Å². The highest BCUT2D eigenvalue weighted by atomic mass is 32.2. The summed E-state index contributed by atoms with van der Waals surface area (Å²) >= 11 is 2.01. The van der Waals surface area contributed by atoms with Crippen LogP contribution in [-0.2, 0) is 11.2 Å². The number of aryl methyl sites for hydroxylation is 1. The Morgan fingerprint density at radius 1 is 1.29 bits per heavy atom. The third-order valence-corrected chi connectivity index (χ3v) is 3.51. The molecule has 0 aliphatic carbocycles. The number of thioether (sulfide) groups is 1. The van der Waals surface area contributed by atoms with Crippen molar-refractivity contribution in [3.63, 3.8) is 0 Å². The first-order chi connectivity index (χ1) is 6.84. The highest BCUT2D eigenvalue weighted by Crippen LogP contribution is 2.20. The molecule has 1 heterocycles. The fraction of sp³-hybridized carbons (Fsp3) is 0.455. The maximum Gasteiger partial charge on any atom is 0.0607 e. The number of hydrogen-bond acceptors (Lipinski definition) is 3. The molecule has 0 unspecified atom stereocenters. The van der Waals surface area contributed by atoms with Crippen LogP contribution in [0.4, 0.5) is 5.69 Å². The standard InChI is InChI=1S/C11H15NOS/c12-10-3-1-9(2-4-10)5-6-14-11-7-13-8-11/h1-4,11H,5-8,12H2. The molecule has 14 heavy (non-hydrogen) atoms. The van der Waals surface area contributed by atoms with Gasteiger partial charge in [-0.25, -0.2) is 0 Å². The van der Waals surface area contributed by atoms with Crippen molar-refractivity contribution in [2.24, 2.45) is 0 Å². The molecule has 2 rings (SSSR count). The minimum absolute atomic E-state index is 0.740. The van der Waals surface area contributed by atoms with E-state index in [4.69, 9.17) is 10.5 Å². The van der Waals surface area contributed by atoms with Crippen LogP contribution in [0.3, 0.4) is 0 Å². The van der Waals surface area contributed by atoms with Gasteiger partial charge < -0.3 is 10.5 Å². The zero-order chi connectivity index (χ0) is 9.80. The van der Waals surface area contributed by atoms with Gasteiger partial charge in [0, 0.05) is 5.69 Å². The van der Waals surface area contributed by atoms with Crippen molar-refractivity contribution in [2.45, 2.75) is 11.7 Å². The molecular formula is C11H15NOS. The summed E-state index contributed by atoms with van der Waals surface area (Å²) in [6.45, 7) is 1.87. The van der Waals surface area contributed by atoms with Gasteiger partial charge in [0.1, 0.15) is 0 Å². The smallest absolute Gasteiger partial charge is 0.0607 e. The van der Waals surface area contributed by atoms with Crippen molar-refractivity contribution in [1.29, 1.82) is 0 Å². The van der Waals surface area contributed by atoms with Gasteiger partial charge in [0.15, 0.2) is 0 Å². The maximum atomic E-state index is 5.61. The van der Waals surface area contributed by atoms with Crippen LogP contribution in [0.2, 0.25) is 0 Å². The average molecular weight is 209 g/mol. The number of rotatable bonds is 4. The number of benzene rings is 1. The van der Waals surface area contributed by atoms with Crippen molar-refractivity contribution in [3.8, 4) is 0 Å². The first-order valence-electron chi connectivity index (χ1n) is 4.88. The normalized spacial score (nSPS) is 16.6. The molecular weight excluding hydrogens is 194 g/mol. The molecule has 0 spiro atoms. The Balaban J connectivity index is 1.71. The highest BCUT2D eigenvalue weighted by molar-refractivity contribution is 8.00. The number of ether oxygens (including phenoxy) is 1. The lowest BCUT2D eigenvalue weighted by atomic mass is 10.2. The molecule has 2 nitrogen and oxygen atoms in total. The van der Waals surface area contributed by atoms with E-state index in [-0.39, 0.29) is 0 Å². The number of hydrogen-bond donors (Lipinski definition) is 1. The van der Waals surface area contributed by atoms with Crippen molar-refractivity contribution in [2.75, 3.05) is 24.7 Å². The molecule has 1 saturated heterocycles. The van der Waals surface area contributed by atoms with E-state index in [0.717, 1.165) is 30.6 Å². The lowest BCUT2D eigenvalue weighted by Crippen LogP contribution is -2.30. The summed E-state index contributed by atoms with van der Waals surface area (Å²) in [5, 5.41) is 0.740. The van der Waals surface area contributed by atoms with E-state index < -0.39 is 0 Å². The van der Waals surface area contributed by atoms with Crippen LogP contribution >= 0.6 is 11.8 Å². The molecule has 1 aliphatic rings. The van der Waals surface area contributed by atoms with E-state index >= 15 is 0 Å². The summed E-state index contributed by atoms with van der Waals surface area (Å²) in [4.78, 5) is 0. The molecule has 1 aromatic carbocycles. The molecule has 76 valence electrons. The van der Waals surface area contributed by atoms with Crippen LogP contribution in [0.5, 0.6) is 0 Å². The first-order valence-corrected chi connectivity index (χ1v) is 5.93. The largest absolute Gasteiger partial charge is 0.399 e. The topological polar surface area (TPSA) is 35.2 Å². The molecule has 0 bridgehead atoms. The summed E-state index contributed by atoms with van der Waals surface area (Å²) in [5.74, 6) is 1.18. The molecule has 0 saturated carbocycles. The third kappa shape index (κ3) is 2.66. The van der Waals surface area contributed by atoms with E-state index in [9.17, 15) is 0 Å². The van der Waals surface area contributed by atoms with Crippen LogP contribution < -0.4 is 5.73 Å². The Hall–Kier alpha value is -0.670. The molecule has 3 heteroatoms. The average Bonchev–Trinajstić information content (AvgIpc) is 2.12. The van der Waals surface area contributed by atoms with Gasteiger partial charge in [-0.15, -0.1) is 0 Å². The minimum atomic E-state index is 0.740. The van der Waals surface area contributed by atoms with E-state index in [0.29, 0.717) is 0 Å². The van der Waals surface area contributed by atoms with Crippen molar-refractivity contribution < 1.29 is 4.74 Å². The molecule has 0 atom stereocenters. The fourth-order valence-electron chi connectivity index (χ4n) is 1.34. The molecule has 1 aromatic rings. The van der Waals surface area contributed by atoms with E-state index in [1.807, 2.05) is 23.9 Å². The maximum absolute atomic E-state index is 5.61. The highest BCUT2D eigenvalue weighted by Gasteiger charge is 2.17. The second kappa shape index (κ2) is 4.71. The fourth-order valence-corrected chi connectivity index (χ4v) is 2.41. The molecule has 2 N–H and O–H groups in total. The quantitative estimate of drug-likeness (QED) is 0.770. The summed E-state index contributed by atoms with van der Waals surface area (Å²) in [6, 6.07) is 8.14. The van der Waals surface area contributed by atoms with Crippen LogP contribution in [0.25, 0.3) is 0 Å². The Morgan fingerprint density at radius 2 is 2.00 bits per heavy atom. The van der Waals surface area contributed by atoms with Gasteiger partial charge in [-0.2, -0.15) is 11.8 Å². The molecule has 1 aliphatic heterocycles. The SMILES string of the molecule is Nc1ccc(CCSC2COC2)cc1. The van der Waals surface area contributed by atoms with E-state index in [1.165, 1.54) is 11.3 Å². The summed E-state index contributed by atoms with van der Waals surface area (Å²) in [6.07, 6.45) is 1.13. The van der Waals surface area contributed by atoms with Crippen molar-refractivity contribution >= 4 is 17.4 Å². The predicted octanol–water partition coefficient (Wildman–Crippen LogP) is 1.94. The van der Waals surface area contributed by atoms with Gasteiger partial charge in [-0.1, -0.05) is 12.1 Å². The van der Waals surface area contributed by atoms with Gasteiger partial charge >= 0.3 is 0 Å². The molecule has 0 aromatic heterocycles. The summed E-state index contributed by atoms with van der Waals surface area (Å²) in [5.41, 5.74) is 7.82. The number of nitrogens with two attached hydrogens (primary N) is 1. The van der Waals surface area contributed by atoms with Crippen LogP contribution in [0, 0.1) is 0 Å². The summed E-state index contributed by atoms with van der Waals surface area (Å²) in [7, 11) is 0. The van der Waals surface area contributed by atoms with Crippen LogP contribution in [0.1, 0.15) is 5.56 Å². The number of anilines is 1. The second-order valence-corrected chi connectivity index (χ2v) is 4.93. The van der Waals surface area contributed by atoms with Gasteiger partial charge in [-0.05, 0) is 29.9 Å². The number of nitrogen functional groups attached to an aromatic ring is 1. The Morgan fingerprint density at radius 3 is 2.57 bits per heavy atom. The first kappa shape index (κ1) is 9.87. The van der Waals surface area contributed by atoms with Crippen LogP contribution in [-0.4, -0.2) is 24.2 Å².